The summed E-state index contributed by atoms with van der Waals surface area (Å²) in [5, 5.41) is 11.1. The average Bonchev–Trinajstić information content (AvgIpc) is 3.63. The average molecular weight is 516 g/mol. The highest BCUT2D eigenvalue weighted by Crippen LogP contribution is 2.38. The van der Waals surface area contributed by atoms with E-state index in [1.54, 1.807) is 7.11 Å². The van der Waals surface area contributed by atoms with Gasteiger partial charge in [0.15, 0.2) is 5.65 Å². The van der Waals surface area contributed by atoms with Crippen LogP contribution in [0.15, 0.2) is 30.5 Å². The molecule has 10 heteroatoms. The van der Waals surface area contributed by atoms with E-state index in [-0.39, 0.29) is 18.1 Å². The first-order valence-corrected chi connectivity index (χ1v) is 13.2. The summed E-state index contributed by atoms with van der Waals surface area (Å²) >= 11 is 0. The van der Waals surface area contributed by atoms with Crippen LogP contribution in [0.4, 0.5) is 17.2 Å². The summed E-state index contributed by atoms with van der Waals surface area (Å²) in [6.07, 6.45) is 6.76. The number of benzene rings is 1. The van der Waals surface area contributed by atoms with E-state index in [1.165, 1.54) is 0 Å². The van der Waals surface area contributed by atoms with Crippen LogP contribution in [0.2, 0.25) is 0 Å². The van der Waals surface area contributed by atoms with Gasteiger partial charge in [-0.3, -0.25) is 14.0 Å². The Hall–Kier alpha value is -3.92. The zero-order valence-electron chi connectivity index (χ0n) is 22.2. The first-order valence-electron chi connectivity index (χ1n) is 13.2. The van der Waals surface area contributed by atoms with Crippen LogP contribution in [-0.2, 0) is 16.6 Å². The molecule has 0 radical (unpaired) electrons. The van der Waals surface area contributed by atoms with E-state index < -0.39 is 0 Å². The Morgan fingerprint density at radius 3 is 2.63 bits per heavy atom. The van der Waals surface area contributed by atoms with Crippen LogP contribution in [0, 0.1) is 19.8 Å². The van der Waals surface area contributed by atoms with Crippen molar-refractivity contribution in [3.8, 4) is 17.0 Å². The van der Waals surface area contributed by atoms with Gasteiger partial charge in [0.25, 0.3) is 0 Å². The van der Waals surface area contributed by atoms with Crippen LogP contribution < -0.4 is 15.4 Å². The van der Waals surface area contributed by atoms with Gasteiger partial charge in [-0.2, -0.15) is 5.10 Å². The number of carbonyl (C=O) groups is 1. The molecule has 2 N–H and O–H groups in total. The predicted molar refractivity (Wildman–Crippen MR) is 146 cm³/mol. The molecule has 3 aromatic heterocycles. The first-order chi connectivity index (χ1) is 18.4. The van der Waals surface area contributed by atoms with Crippen LogP contribution in [-0.4, -0.2) is 43.9 Å². The van der Waals surface area contributed by atoms with E-state index in [9.17, 15) is 4.79 Å². The fourth-order valence-electron chi connectivity index (χ4n) is 5.16. The Labute approximate surface area is 221 Å². The van der Waals surface area contributed by atoms with Crippen molar-refractivity contribution < 1.29 is 14.3 Å². The van der Waals surface area contributed by atoms with Gasteiger partial charge < -0.3 is 20.1 Å². The molecule has 6 rings (SSSR count). The van der Waals surface area contributed by atoms with E-state index in [2.05, 4.69) is 20.3 Å². The van der Waals surface area contributed by atoms with Crippen LogP contribution >= 0.6 is 0 Å². The lowest BCUT2D eigenvalue weighted by molar-refractivity contribution is -0.117. The molecule has 1 saturated heterocycles. The highest BCUT2D eigenvalue weighted by atomic mass is 16.5. The SMILES string of the molecule is COc1cc(-c2nn(C)cc2C)ccc1Nc1cc(NC(=O)C2CC2)nc2c1nc(C)n2C1CCCCO1. The smallest absolute Gasteiger partial charge is 0.228 e. The third-order valence-corrected chi connectivity index (χ3v) is 7.22. The first kappa shape index (κ1) is 24.4. The van der Waals surface area contributed by atoms with Crippen LogP contribution in [0.3, 0.4) is 0 Å². The van der Waals surface area contributed by atoms with Gasteiger partial charge in [-0.05, 0) is 63.6 Å². The summed E-state index contributed by atoms with van der Waals surface area (Å²) in [7, 11) is 3.57. The van der Waals surface area contributed by atoms with E-state index in [0.29, 0.717) is 29.3 Å². The number of pyridine rings is 1. The molecule has 1 aliphatic heterocycles. The van der Waals surface area contributed by atoms with Gasteiger partial charge in [-0.15, -0.1) is 0 Å². The molecule has 10 nitrogen and oxygen atoms in total. The van der Waals surface area contributed by atoms with Crippen molar-refractivity contribution >= 4 is 34.3 Å². The van der Waals surface area contributed by atoms with Gasteiger partial charge in [0.1, 0.15) is 29.1 Å². The lowest BCUT2D eigenvalue weighted by Gasteiger charge is -2.25. The van der Waals surface area contributed by atoms with Crippen LogP contribution in [0.5, 0.6) is 5.75 Å². The third-order valence-electron chi connectivity index (χ3n) is 7.22. The molecule has 38 heavy (non-hydrogen) atoms. The normalized spacial score (nSPS) is 17.5. The molecule has 1 atom stereocenters. The fourth-order valence-corrected chi connectivity index (χ4v) is 5.16. The molecule has 4 heterocycles. The van der Waals surface area contributed by atoms with Gasteiger partial charge in [0, 0.05) is 37.4 Å². The number of hydrogen-bond acceptors (Lipinski definition) is 7. The molecule has 0 spiro atoms. The molecule has 1 aromatic carbocycles. The molecule has 1 unspecified atom stereocenters. The quantitative estimate of drug-likeness (QED) is 0.346. The number of carbonyl (C=O) groups excluding carboxylic acids is 1. The number of aryl methyl sites for hydroxylation is 3. The maximum atomic E-state index is 12.6. The van der Waals surface area contributed by atoms with E-state index >= 15 is 0 Å². The van der Waals surface area contributed by atoms with Crippen molar-refractivity contribution in [2.45, 2.75) is 52.2 Å². The van der Waals surface area contributed by atoms with Crippen molar-refractivity contribution in [1.82, 2.24) is 24.3 Å². The molecular weight excluding hydrogens is 482 g/mol. The summed E-state index contributed by atoms with van der Waals surface area (Å²) in [5.41, 5.74) is 5.88. The molecule has 1 saturated carbocycles. The lowest BCUT2D eigenvalue weighted by atomic mass is 10.1. The van der Waals surface area contributed by atoms with E-state index in [4.69, 9.17) is 19.4 Å². The monoisotopic (exact) mass is 515 g/mol. The van der Waals surface area contributed by atoms with Gasteiger partial charge in [-0.1, -0.05) is 6.07 Å². The molecule has 0 bridgehead atoms. The number of nitrogens with zero attached hydrogens (tertiary/aromatic N) is 5. The number of fused-ring (bicyclic) bond motifs is 1. The third kappa shape index (κ3) is 4.60. The number of methoxy groups -OCH3 is 1. The summed E-state index contributed by atoms with van der Waals surface area (Å²) < 4.78 is 15.7. The maximum Gasteiger partial charge on any atom is 0.228 e. The Morgan fingerprint density at radius 1 is 1.11 bits per heavy atom. The molecule has 2 fully saturated rings. The van der Waals surface area contributed by atoms with Crippen molar-refractivity contribution in [2.24, 2.45) is 13.0 Å². The molecular formula is C28H33N7O3. The predicted octanol–water partition coefficient (Wildman–Crippen LogP) is 5.25. The highest BCUT2D eigenvalue weighted by molar-refractivity contribution is 5.97. The summed E-state index contributed by atoms with van der Waals surface area (Å²) in [6.45, 7) is 4.73. The summed E-state index contributed by atoms with van der Waals surface area (Å²) in [4.78, 5) is 22.3. The Kier molecular flexibility index (Phi) is 6.27. The van der Waals surface area contributed by atoms with Crippen LogP contribution in [0.25, 0.3) is 22.4 Å². The molecule has 2 aliphatic rings. The molecule has 1 aliphatic carbocycles. The number of anilines is 3. The second-order valence-electron chi connectivity index (χ2n) is 10.2. The number of aromatic nitrogens is 5. The topological polar surface area (TPSA) is 108 Å². The molecule has 198 valence electrons. The van der Waals surface area contributed by atoms with Crippen LogP contribution in [0.1, 0.15) is 49.7 Å². The number of amides is 1. The number of nitrogens with one attached hydrogen (secondary N) is 2. The number of imidazole rings is 1. The van der Waals surface area contributed by atoms with Gasteiger partial charge in [-0.25, -0.2) is 9.97 Å². The zero-order chi connectivity index (χ0) is 26.4. The fraction of sp³-hybridized carbons (Fsp3) is 0.429. The summed E-state index contributed by atoms with van der Waals surface area (Å²) in [5.74, 6) is 2.06. The minimum absolute atomic E-state index is 0.00664. The van der Waals surface area contributed by atoms with Crippen molar-refractivity contribution in [1.29, 1.82) is 0 Å². The van der Waals surface area contributed by atoms with E-state index in [0.717, 1.165) is 66.1 Å². The lowest BCUT2D eigenvalue weighted by Crippen LogP contribution is -2.20. The standard InChI is InChI=1S/C28H33N7O3/c1-16-15-34(3)33-25(16)19-10-11-20(22(13-19)37-4)30-21-14-23(32-28(36)18-8-9-18)31-27-26(21)29-17(2)35(27)24-7-5-6-12-38-24/h10-11,13-15,18,24H,5-9,12H2,1-4H3,(H2,30,31,32,36). The zero-order valence-corrected chi connectivity index (χ0v) is 22.2. The number of ether oxygens (including phenoxy) is 2. The van der Waals surface area contributed by atoms with Gasteiger partial charge in [0.2, 0.25) is 5.91 Å². The largest absolute Gasteiger partial charge is 0.495 e. The minimum atomic E-state index is -0.126. The minimum Gasteiger partial charge on any atom is -0.495 e. The van der Waals surface area contributed by atoms with Gasteiger partial charge in [0.05, 0.1) is 24.2 Å². The second-order valence-corrected chi connectivity index (χ2v) is 10.2. The highest BCUT2D eigenvalue weighted by Gasteiger charge is 2.30. The Bertz CT molecular complexity index is 1510. The molecule has 1 amide bonds. The second kappa shape index (κ2) is 9.75. The van der Waals surface area contributed by atoms with Gasteiger partial charge >= 0.3 is 0 Å². The number of rotatable bonds is 7. The Balaban J connectivity index is 1.41. The van der Waals surface area contributed by atoms with Crippen molar-refractivity contribution in [2.75, 3.05) is 24.4 Å². The van der Waals surface area contributed by atoms with Crippen molar-refractivity contribution in [3.63, 3.8) is 0 Å². The summed E-state index contributed by atoms with van der Waals surface area (Å²) in [6, 6.07) is 7.82. The van der Waals surface area contributed by atoms with Crippen molar-refractivity contribution in [3.05, 3.63) is 41.9 Å². The number of hydrogen-bond donors (Lipinski definition) is 2. The maximum absolute atomic E-state index is 12.6. The Morgan fingerprint density at radius 2 is 1.95 bits per heavy atom. The van der Waals surface area contributed by atoms with E-state index in [1.807, 2.05) is 56.0 Å². The molecule has 4 aromatic rings.